The largest absolute Gasteiger partial charge is 0.330 e. The van der Waals surface area contributed by atoms with Crippen LogP contribution in [0.5, 0.6) is 0 Å². The van der Waals surface area contributed by atoms with Crippen LogP contribution < -0.4 is 5.73 Å². The van der Waals surface area contributed by atoms with Crippen molar-refractivity contribution in [1.29, 1.82) is 0 Å². The topological polar surface area (TPSA) is 51.8 Å². The maximum atomic E-state index is 5.38. The van der Waals surface area contributed by atoms with Crippen molar-refractivity contribution in [2.75, 3.05) is 6.54 Å². The average molecular weight is 216 g/mol. The molecule has 1 heterocycles. The Hall–Kier alpha value is -0.480. The molecule has 11 heavy (non-hydrogen) atoms. The summed E-state index contributed by atoms with van der Waals surface area (Å²) in [5.74, 6) is 0.780. The van der Waals surface area contributed by atoms with Gasteiger partial charge in [0, 0.05) is 12.1 Å². The van der Waals surface area contributed by atoms with E-state index < -0.39 is 0 Å². The minimum atomic E-state index is 0.628. The van der Waals surface area contributed by atoms with Crippen molar-refractivity contribution in [2.45, 2.75) is 13.3 Å². The van der Waals surface area contributed by atoms with E-state index >= 15 is 0 Å². The quantitative estimate of drug-likeness (QED) is 0.751. The summed E-state index contributed by atoms with van der Waals surface area (Å²) in [5, 5.41) is 0. The SMILES string of the molecule is Cc1nc(Br)cc(CCN)n1. The monoisotopic (exact) mass is 215 g/mol. The molecule has 0 atom stereocenters. The highest BCUT2D eigenvalue weighted by atomic mass is 79.9. The molecule has 4 heteroatoms. The average Bonchev–Trinajstić information content (AvgIpc) is 1.85. The number of nitrogens with zero attached hydrogens (tertiary/aromatic N) is 2. The van der Waals surface area contributed by atoms with Gasteiger partial charge in [-0.3, -0.25) is 0 Å². The third-order valence-corrected chi connectivity index (χ3v) is 1.67. The van der Waals surface area contributed by atoms with E-state index in [1.54, 1.807) is 0 Å². The molecule has 0 unspecified atom stereocenters. The predicted molar refractivity (Wildman–Crippen MR) is 47.2 cm³/mol. The van der Waals surface area contributed by atoms with E-state index in [0.717, 1.165) is 22.5 Å². The molecular formula is C7H10BrN3. The zero-order valence-corrected chi connectivity index (χ0v) is 7.93. The van der Waals surface area contributed by atoms with Crippen molar-refractivity contribution < 1.29 is 0 Å². The Bertz CT molecular complexity index is 229. The summed E-state index contributed by atoms with van der Waals surface area (Å²) in [6, 6.07) is 1.89. The van der Waals surface area contributed by atoms with Crippen molar-refractivity contribution in [2.24, 2.45) is 5.73 Å². The van der Waals surface area contributed by atoms with Crippen LogP contribution in [0.3, 0.4) is 0 Å². The first-order valence-electron chi connectivity index (χ1n) is 3.42. The lowest BCUT2D eigenvalue weighted by atomic mass is 10.3. The second-order valence-corrected chi connectivity index (χ2v) is 3.08. The second kappa shape index (κ2) is 3.78. The first-order chi connectivity index (χ1) is 5.22. The van der Waals surface area contributed by atoms with Gasteiger partial charge in [0.05, 0.1) is 0 Å². The molecule has 0 spiro atoms. The van der Waals surface area contributed by atoms with Crippen molar-refractivity contribution >= 4 is 15.9 Å². The molecule has 0 aliphatic rings. The van der Waals surface area contributed by atoms with Crippen molar-refractivity contribution in [3.05, 3.63) is 22.2 Å². The van der Waals surface area contributed by atoms with Crippen LogP contribution in [0.15, 0.2) is 10.7 Å². The summed E-state index contributed by atoms with van der Waals surface area (Å²) in [4.78, 5) is 8.28. The zero-order chi connectivity index (χ0) is 8.27. The summed E-state index contributed by atoms with van der Waals surface area (Å²) in [7, 11) is 0. The molecule has 0 radical (unpaired) electrons. The lowest BCUT2D eigenvalue weighted by molar-refractivity contribution is 0.881. The maximum Gasteiger partial charge on any atom is 0.126 e. The van der Waals surface area contributed by atoms with Gasteiger partial charge in [0.1, 0.15) is 10.4 Å². The number of hydrogen-bond donors (Lipinski definition) is 1. The van der Waals surface area contributed by atoms with Gasteiger partial charge in [-0.25, -0.2) is 9.97 Å². The summed E-state index contributed by atoms with van der Waals surface area (Å²) in [6.45, 7) is 2.49. The fourth-order valence-electron chi connectivity index (χ4n) is 0.865. The molecule has 0 amide bonds. The molecular weight excluding hydrogens is 206 g/mol. The normalized spacial score (nSPS) is 10.1. The summed E-state index contributed by atoms with van der Waals surface area (Å²) in [6.07, 6.45) is 0.808. The van der Waals surface area contributed by atoms with Crippen LogP contribution >= 0.6 is 15.9 Å². The zero-order valence-electron chi connectivity index (χ0n) is 6.34. The maximum absolute atomic E-state index is 5.38. The van der Waals surface area contributed by atoms with Crippen molar-refractivity contribution in [1.82, 2.24) is 9.97 Å². The molecule has 1 rings (SSSR count). The summed E-state index contributed by atoms with van der Waals surface area (Å²) >= 11 is 3.29. The fraction of sp³-hybridized carbons (Fsp3) is 0.429. The second-order valence-electron chi connectivity index (χ2n) is 2.27. The Balaban J connectivity index is 2.89. The van der Waals surface area contributed by atoms with Gasteiger partial charge in [-0.2, -0.15) is 0 Å². The highest BCUT2D eigenvalue weighted by molar-refractivity contribution is 9.10. The van der Waals surface area contributed by atoms with Crippen molar-refractivity contribution in [3.63, 3.8) is 0 Å². The molecule has 2 N–H and O–H groups in total. The van der Waals surface area contributed by atoms with Gasteiger partial charge in [0.2, 0.25) is 0 Å². The van der Waals surface area contributed by atoms with E-state index in [-0.39, 0.29) is 0 Å². The molecule has 0 saturated carbocycles. The number of halogens is 1. The van der Waals surface area contributed by atoms with E-state index in [9.17, 15) is 0 Å². The Morgan fingerprint density at radius 2 is 2.27 bits per heavy atom. The van der Waals surface area contributed by atoms with E-state index in [1.165, 1.54) is 0 Å². The van der Waals surface area contributed by atoms with Gasteiger partial charge in [-0.1, -0.05) is 0 Å². The Morgan fingerprint density at radius 3 is 2.82 bits per heavy atom. The van der Waals surface area contributed by atoms with E-state index in [2.05, 4.69) is 25.9 Å². The van der Waals surface area contributed by atoms with Gasteiger partial charge < -0.3 is 5.73 Å². The Labute approximate surface area is 74.2 Å². The summed E-state index contributed by atoms with van der Waals surface area (Å²) in [5.41, 5.74) is 6.38. The van der Waals surface area contributed by atoms with Gasteiger partial charge in [-0.15, -0.1) is 0 Å². The molecule has 1 aromatic heterocycles. The number of rotatable bonds is 2. The highest BCUT2D eigenvalue weighted by Gasteiger charge is 1.97. The van der Waals surface area contributed by atoms with Gasteiger partial charge in [0.15, 0.2) is 0 Å². The van der Waals surface area contributed by atoms with Gasteiger partial charge in [0.25, 0.3) is 0 Å². The van der Waals surface area contributed by atoms with Crippen LogP contribution in [0, 0.1) is 6.92 Å². The molecule has 0 aliphatic carbocycles. The van der Waals surface area contributed by atoms with Crippen LogP contribution in [0.2, 0.25) is 0 Å². The molecule has 1 aromatic rings. The van der Waals surface area contributed by atoms with Crippen LogP contribution in [0.25, 0.3) is 0 Å². The predicted octanol–water partition coefficient (Wildman–Crippen LogP) is 1.05. The van der Waals surface area contributed by atoms with Crippen LogP contribution in [-0.4, -0.2) is 16.5 Å². The minimum Gasteiger partial charge on any atom is -0.330 e. The highest BCUT2D eigenvalue weighted by Crippen LogP contribution is 2.07. The number of aromatic nitrogens is 2. The third-order valence-electron chi connectivity index (χ3n) is 1.26. The number of hydrogen-bond acceptors (Lipinski definition) is 3. The van der Waals surface area contributed by atoms with E-state index in [4.69, 9.17) is 5.73 Å². The van der Waals surface area contributed by atoms with Crippen LogP contribution in [-0.2, 0) is 6.42 Å². The molecule has 0 aliphatic heterocycles. The molecule has 0 aromatic carbocycles. The number of aryl methyl sites for hydroxylation is 1. The first kappa shape index (κ1) is 8.62. The lowest BCUT2D eigenvalue weighted by Gasteiger charge is -1.99. The molecule has 0 saturated heterocycles. The van der Waals surface area contributed by atoms with Crippen LogP contribution in [0.4, 0.5) is 0 Å². The molecule has 60 valence electrons. The Kier molecular flexibility index (Phi) is 2.96. The van der Waals surface area contributed by atoms with Crippen LogP contribution in [0.1, 0.15) is 11.5 Å². The van der Waals surface area contributed by atoms with E-state index in [0.29, 0.717) is 6.54 Å². The minimum absolute atomic E-state index is 0.628. The lowest BCUT2D eigenvalue weighted by Crippen LogP contribution is -2.05. The Morgan fingerprint density at radius 1 is 1.55 bits per heavy atom. The van der Waals surface area contributed by atoms with E-state index in [1.807, 2.05) is 13.0 Å². The molecule has 0 bridgehead atoms. The summed E-state index contributed by atoms with van der Waals surface area (Å²) < 4.78 is 0.827. The third kappa shape index (κ3) is 2.55. The smallest absolute Gasteiger partial charge is 0.126 e. The van der Waals surface area contributed by atoms with Gasteiger partial charge >= 0.3 is 0 Å². The fourth-order valence-corrected chi connectivity index (χ4v) is 1.39. The molecule has 0 fully saturated rings. The first-order valence-corrected chi connectivity index (χ1v) is 4.22. The van der Waals surface area contributed by atoms with Gasteiger partial charge in [-0.05, 0) is 35.5 Å². The standard InChI is InChI=1S/C7H10BrN3/c1-5-10-6(2-3-9)4-7(8)11-5/h4H,2-3,9H2,1H3. The number of nitrogens with two attached hydrogens (primary N) is 1. The van der Waals surface area contributed by atoms with Crippen molar-refractivity contribution in [3.8, 4) is 0 Å². The molecule has 3 nitrogen and oxygen atoms in total.